The van der Waals surface area contributed by atoms with Gasteiger partial charge in [-0.3, -0.25) is 9.59 Å². The molecule has 0 aliphatic carbocycles. The number of nitrogens with one attached hydrogen (secondary N) is 4. The maximum atomic E-state index is 12.4. The minimum absolute atomic E-state index is 0.0358. The summed E-state index contributed by atoms with van der Waals surface area (Å²) in [7, 11) is 3.20. The number of quaternary nitrogens is 2. The Kier molecular flexibility index (Phi) is 8.92. The van der Waals surface area contributed by atoms with Gasteiger partial charge in [-0.1, -0.05) is 6.07 Å². The van der Waals surface area contributed by atoms with Gasteiger partial charge in [-0.15, -0.1) is 0 Å². The summed E-state index contributed by atoms with van der Waals surface area (Å²) in [6.07, 6.45) is 1.01. The molecule has 4 N–H and O–H groups in total. The molecule has 0 radical (unpaired) electrons. The smallest absolute Gasteiger partial charge is 0.275 e. The van der Waals surface area contributed by atoms with Crippen molar-refractivity contribution in [2.24, 2.45) is 0 Å². The Morgan fingerprint density at radius 3 is 2.10 bits per heavy atom. The van der Waals surface area contributed by atoms with Crippen LogP contribution in [0.2, 0.25) is 0 Å². The lowest BCUT2D eigenvalue weighted by Gasteiger charge is -2.22. The van der Waals surface area contributed by atoms with Crippen molar-refractivity contribution in [3.8, 4) is 11.5 Å². The highest BCUT2D eigenvalue weighted by atomic mass is 16.5. The molecule has 1 aliphatic rings. The van der Waals surface area contributed by atoms with Gasteiger partial charge in [-0.25, -0.2) is 0 Å². The summed E-state index contributed by atoms with van der Waals surface area (Å²) in [5.41, 5.74) is 0.762. The summed E-state index contributed by atoms with van der Waals surface area (Å²) in [6.45, 7) is 11.1. The van der Waals surface area contributed by atoms with Crippen LogP contribution in [0.15, 0.2) is 18.2 Å². The van der Waals surface area contributed by atoms with Crippen LogP contribution in [0.3, 0.4) is 0 Å². The van der Waals surface area contributed by atoms with E-state index in [4.69, 9.17) is 9.47 Å². The molecular formula is C22H38N4O4+2. The van der Waals surface area contributed by atoms with Gasteiger partial charge in [-0.2, -0.15) is 0 Å². The quantitative estimate of drug-likeness (QED) is 0.407. The summed E-state index contributed by atoms with van der Waals surface area (Å²) in [6, 6.07) is 5.64. The zero-order valence-electron chi connectivity index (χ0n) is 19.0. The van der Waals surface area contributed by atoms with E-state index in [1.807, 2.05) is 39.0 Å². The number of rotatable bonds is 8. The molecule has 1 fully saturated rings. The molecule has 30 heavy (non-hydrogen) atoms. The number of methoxy groups -OCH3 is 2. The molecule has 1 aromatic carbocycles. The van der Waals surface area contributed by atoms with E-state index in [9.17, 15) is 9.59 Å². The highest BCUT2D eigenvalue weighted by Gasteiger charge is 2.25. The van der Waals surface area contributed by atoms with Crippen LogP contribution in [-0.4, -0.2) is 70.8 Å². The van der Waals surface area contributed by atoms with Crippen LogP contribution in [0.4, 0.5) is 0 Å². The molecule has 168 valence electrons. The Hall–Kier alpha value is -2.32. The predicted octanol–water partition coefficient (Wildman–Crippen LogP) is -1.59. The standard InChI is InChI=1S/C22H36N4O4/c1-22(2,3)24-21(28)16-26-10-6-9-25(11-12-26)15-20(27)23-14-17-7-8-18(29-4)19(13-17)30-5/h7-8,13H,6,9-12,14-16H2,1-5H3,(H,23,27)(H,24,28)/p+2. The lowest BCUT2D eigenvalue weighted by molar-refractivity contribution is -0.930. The Morgan fingerprint density at radius 1 is 0.933 bits per heavy atom. The number of carbonyl (C=O) groups is 2. The molecule has 0 bridgehead atoms. The van der Waals surface area contributed by atoms with Gasteiger partial charge in [0.2, 0.25) is 0 Å². The number of hydrogen-bond donors (Lipinski definition) is 4. The number of carbonyl (C=O) groups excluding carboxylic acids is 2. The zero-order chi connectivity index (χ0) is 22.1. The molecule has 0 aromatic heterocycles. The van der Waals surface area contributed by atoms with Crippen molar-refractivity contribution < 1.29 is 28.9 Å². The van der Waals surface area contributed by atoms with Gasteiger partial charge in [0.05, 0.1) is 27.3 Å². The monoisotopic (exact) mass is 422 g/mol. The molecule has 2 unspecified atom stereocenters. The Morgan fingerprint density at radius 2 is 1.53 bits per heavy atom. The van der Waals surface area contributed by atoms with Gasteiger partial charge in [0, 0.05) is 18.5 Å². The second-order valence-corrected chi connectivity index (χ2v) is 8.97. The first kappa shape index (κ1) is 24.0. The number of ether oxygens (including phenoxy) is 2. The van der Waals surface area contributed by atoms with E-state index >= 15 is 0 Å². The van der Waals surface area contributed by atoms with Crippen molar-refractivity contribution in [1.29, 1.82) is 0 Å². The third kappa shape index (κ3) is 8.20. The molecule has 0 spiro atoms. The van der Waals surface area contributed by atoms with Crippen LogP contribution in [0.25, 0.3) is 0 Å². The summed E-state index contributed by atoms with van der Waals surface area (Å²) < 4.78 is 10.6. The van der Waals surface area contributed by atoms with Crippen LogP contribution in [-0.2, 0) is 16.1 Å². The van der Waals surface area contributed by atoms with Gasteiger partial charge < -0.3 is 29.9 Å². The highest BCUT2D eigenvalue weighted by Crippen LogP contribution is 2.27. The molecule has 2 amide bonds. The van der Waals surface area contributed by atoms with E-state index in [1.54, 1.807) is 14.2 Å². The summed E-state index contributed by atoms with van der Waals surface area (Å²) in [4.78, 5) is 27.2. The third-order valence-corrected chi connectivity index (χ3v) is 5.17. The van der Waals surface area contributed by atoms with Gasteiger partial charge in [0.25, 0.3) is 11.8 Å². The lowest BCUT2D eigenvalue weighted by Crippen LogP contribution is -3.18. The van der Waals surface area contributed by atoms with Crippen LogP contribution in [0.5, 0.6) is 11.5 Å². The first-order valence-corrected chi connectivity index (χ1v) is 10.7. The molecule has 0 saturated carbocycles. The molecule has 1 heterocycles. The van der Waals surface area contributed by atoms with Crippen molar-refractivity contribution in [3.05, 3.63) is 23.8 Å². The fraction of sp³-hybridized carbons (Fsp3) is 0.636. The molecule has 8 heteroatoms. The van der Waals surface area contributed by atoms with E-state index in [2.05, 4.69) is 10.6 Å². The van der Waals surface area contributed by atoms with Crippen LogP contribution < -0.4 is 29.9 Å². The molecule has 1 saturated heterocycles. The molecule has 2 atom stereocenters. The van der Waals surface area contributed by atoms with Crippen molar-refractivity contribution >= 4 is 11.8 Å². The van der Waals surface area contributed by atoms with E-state index in [0.29, 0.717) is 31.1 Å². The third-order valence-electron chi connectivity index (χ3n) is 5.17. The van der Waals surface area contributed by atoms with Crippen LogP contribution in [0.1, 0.15) is 32.8 Å². The Labute approximate surface area is 179 Å². The van der Waals surface area contributed by atoms with Gasteiger partial charge in [0.1, 0.15) is 13.1 Å². The average molecular weight is 423 g/mol. The summed E-state index contributed by atoms with van der Waals surface area (Å²) >= 11 is 0. The first-order chi connectivity index (χ1) is 14.2. The molecule has 1 aliphatic heterocycles. The van der Waals surface area contributed by atoms with Crippen molar-refractivity contribution in [3.63, 3.8) is 0 Å². The predicted molar refractivity (Wildman–Crippen MR) is 115 cm³/mol. The van der Waals surface area contributed by atoms with Gasteiger partial charge in [-0.05, 0) is 38.5 Å². The molecule has 1 aromatic rings. The van der Waals surface area contributed by atoms with E-state index < -0.39 is 0 Å². The fourth-order valence-corrected chi connectivity index (χ4v) is 3.72. The minimum Gasteiger partial charge on any atom is -0.493 e. The average Bonchev–Trinajstić information content (AvgIpc) is 2.89. The number of amides is 2. The maximum Gasteiger partial charge on any atom is 0.275 e. The van der Waals surface area contributed by atoms with Gasteiger partial charge >= 0.3 is 0 Å². The molecule has 8 nitrogen and oxygen atoms in total. The van der Waals surface area contributed by atoms with Gasteiger partial charge in [0.15, 0.2) is 24.6 Å². The zero-order valence-corrected chi connectivity index (χ0v) is 19.0. The highest BCUT2D eigenvalue weighted by molar-refractivity contribution is 5.77. The Balaban J connectivity index is 1.76. The van der Waals surface area contributed by atoms with Crippen molar-refractivity contribution in [2.45, 2.75) is 39.3 Å². The lowest BCUT2D eigenvalue weighted by atomic mass is 10.1. The van der Waals surface area contributed by atoms with E-state index in [1.165, 1.54) is 9.80 Å². The fourth-order valence-electron chi connectivity index (χ4n) is 3.72. The maximum absolute atomic E-state index is 12.4. The number of hydrogen-bond acceptors (Lipinski definition) is 4. The molecule has 2 rings (SSSR count). The van der Waals surface area contributed by atoms with E-state index in [0.717, 1.165) is 38.2 Å². The summed E-state index contributed by atoms with van der Waals surface area (Å²) in [5, 5.41) is 6.03. The topological polar surface area (TPSA) is 85.5 Å². The minimum atomic E-state index is -0.203. The van der Waals surface area contributed by atoms with Crippen molar-refractivity contribution in [1.82, 2.24) is 10.6 Å². The second kappa shape index (κ2) is 11.2. The van der Waals surface area contributed by atoms with Crippen LogP contribution in [0, 0.1) is 0 Å². The largest absolute Gasteiger partial charge is 0.493 e. The summed E-state index contributed by atoms with van der Waals surface area (Å²) in [5.74, 6) is 1.45. The van der Waals surface area contributed by atoms with Crippen LogP contribution >= 0.6 is 0 Å². The number of benzene rings is 1. The second-order valence-electron chi connectivity index (χ2n) is 8.97. The SMILES string of the molecule is COc1ccc(CNC(=O)C[NH+]2CCC[NH+](CC(=O)NC(C)(C)C)CC2)cc1OC. The van der Waals surface area contributed by atoms with Crippen molar-refractivity contribution in [2.75, 3.05) is 53.5 Å². The Bertz CT molecular complexity index is 718. The normalized spacial score (nSPS) is 19.5. The first-order valence-electron chi connectivity index (χ1n) is 10.7. The van der Waals surface area contributed by atoms with E-state index in [-0.39, 0.29) is 17.4 Å². The molecular weight excluding hydrogens is 384 g/mol.